The SMILES string of the molecule is Cc1cc(Cl)nc(Cl)c1NC(=O)C1CCC(N)CC1. The topological polar surface area (TPSA) is 68.0 Å². The molecule has 1 aromatic heterocycles. The van der Waals surface area contributed by atoms with E-state index in [2.05, 4.69) is 10.3 Å². The highest BCUT2D eigenvalue weighted by molar-refractivity contribution is 6.34. The van der Waals surface area contributed by atoms with Crippen LogP contribution in [0.1, 0.15) is 31.2 Å². The number of halogens is 2. The average Bonchev–Trinajstić information content (AvgIpc) is 2.34. The van der Waals surface area contributed by atoms with Crippen molar-refractivity contribution < 1.29 is 4.79 Å². The maximum atomic E-state index is 12.2. The van der Waals surface area contributed by atoms with E-state index >= 15 is 0 Å². The first-order chi connectivity index (χ1) is 8.97. The zero-order valence-electron chi connectivity index (χ0n) is 10.7. The van der Waals surface area contributed by atoms with Gasteiger partial charge >= 0.3 is 0 Å². The van der Waals surface area contributed by atoms with Gasteiger partial charge in [-0.2, -0.15) is 0 Å². The van der Waals surface area contributed by atoms with Crippen LogP contribution in [0.15, 0.2) is 6.07 Å². The molecule has 0 spiro atoms. The van der Waals surface area contributed by atoms with E-state index < -0.39 is 0 Å². The van der Waals surface area contributed by atoms with Gasteiger partial charge in [0.15, 0.2) is 5.15 Å². The van der Waals surface area contributed by atoms with Gasteiger partial charge in [-0.25, -0.2) is 4.98 Å². The Morgan fingerprint density at radius 1 is 1.37 bits per heavy atom. The van der Waals surface area contributed by atoms with Crippen molar-refractivity contribution in [1.82, 2.24) is 4.98 Å². The van der Waals surface area contributed by atoms with E-state index in [9.17, 15) is 4.79 Å². The van der Waals surface area contributed by atoms with Gasteiger partial charge in [-0.3, -0.25) is 4.79 Å². The monoisotopic (exact) mass is 301 g/mol. The van der Waals surface area contributed by atoms with Crippen LogP contribution in [-0.4, -0.2) is 16.9 Å². The fourth-order valence-corrected chi connectivity index (χ4v) is 2.93. The highest BCUT2D eigenvalue weighted by Gasteiger charge is 2.25. The summed E-state index contributed by atoms with van der Waals surface area (Å²) in [5, 5.41) is 3.41. The molecule has 0 unspecified atom stereocenters. The number of hydrogen-bond donors (Lipinski definition) is 2. The minimum absolute atomic E-state index is 0.00550. The molecule has 3 N–H and O–H groups in total. The second-order valence-electron chi connectivity index (χ2n) is 5.03. The van der Waals surface area contributed by atoms with Gasteiger partial charge < -0.3 is 11.1 Å². The van der Waals surface area contributed by atoms with E-state index in [4.69, 9.17) is 28.9 Å². The molecular weight excluding hydrogens is 285 g/mol. The van der Waals surface area contributed by atoms with Crippen LogP contribution in [0.3, 0.4) is 0 Å². The third kappa shape index (κ3) is 3.59. The van der Waals surface area contributed by atoms with Crippen molar-refractivity contribution in [1.29, 1.82) is 0 Å². The lowest BCUT2D eigenvalue weighted by Gasteiger charge is -2.25. The van der Waals surface area contributed by atoms with E-state index in [1.165, 1.54) is 0 Å². The summed E-state index contributed by atoms with van der Waals surface area (Å²) < 4.78 is 0. The van der Waals surface area contributed by atoms with Crippen LogP contribution in [0.4, 0.5) is 5.69 Å². The molecule has 4 nitrogen and oxygen atoms in total. The van der Waals surface area contributed by atoms with Crippen LogP contribution in [0.25, 0.3) is 0 Å². The van der Waals surface area contributed by atoms with Gasteiger partial charge in [-0.15, -0.1) is 0 Å². The summed E-state index contributed by atoms with van der Waals surface area (Å²) >= 11 is 11.8. The molecule has 1 aliphatic rings. The number of amides is 1. The summed E-state index contributed by atoms with van der Waals surface area (Å²) in [5.74, 6) is -0.00744. The Morgan fingerprint density at radius 2 is 2.00 bits per heavy atom. The molecule has 1 saturated carbocycles. The summed E-state index contributed by atoms with van der Waals surface area (Å²) in [7, 11) is 0. The number of nitrogens with zero attached hydrogens (tertiary/aromatic N) is 1. The van der Waals surface area contributed by atoms with Crippen molar-refractivity contribution in [2.75, 3.05) is 5.32 Å². The molecule has 19 heavy (non-hydrogen) atoms. The minimum atomic E-state index is -0.0129. The van der Waals surface area contributed by atoms with Gasteiger partial charge in [0, 0.05) is 12.0 Å². The molecule has 1 fully saturated rings. The molecule has 2 rings (SSSR count). The third-order valence-electron chi connectivity index (χ3n) is 3.53. The predicted octanol–water partition coefficient (Wildman–Crippen LogP) is 3.15. The summed E-state index contributed by atoms with van der Waals surface area (Å²) in [6, 6.07) is 1.91. The largest absolute Gasteiger partial charge is 0.328 e. The van der Waals surface area contributed by atoms with E-state index in [-0.39, 0.29) is 23.0 Å². The summed E-state index contributed by atoms with van der Waals surface area (Å²) in [4.78, 5) is 16.1. The number of pyridine rings is 1. The van der Waals surface area contributed by atoms with Gasteiger partial charge in [-0.1, -0.05) is 23.2 Å². The molecule has 0 radical (unpaired) electrons. The second kappa shape index (κ2) is 6.07. The maximum Gasteiger partial charge on any atom is 0.227 e. The second-order valence-corrected chi connectivity index (χ2v) is 5.77. The van der Waals surface area contributed by atoms with Crippen molar-refractivity contribution >= 4 is 34.8 Å². The number of nitrogens with one attached hydrogen (secondary N) is 1. The van der Waals surface area contributed by atoms with Crippen molar-refractivity contribution in [3.05, 3.63) is 21.9 Å². The Bertz CT molecular complexity index is 462. The van der Waals surface area contributed by atoms with Gasteiger partial charge in [0.05, 0.1) is 5.69 Å². The molecule has 0 aromatic carbocycles. The summed E-state index contributed by atoms with van der Waals surface area (Å²) in [6.07, 6.45) is 3.43. The van der Waals surface area contributed by atoms with Gasteiger partial charge in [0.25, 0.3) is 0 Å². The average molecular weight is 302 g/mol. The maximum absolute atomic E-state index is 12.2. The molecule has 0 bridgehead atoms. The first-order valence-electron chi connectivity index (χ1n) is 6.36. The zero-order valence-corrected chi connectivity index (χ0v) is 12.3. The first kappa shape index (κ1) is 14.6. The lowest BCUT2D eigenvalue weighted by Crippen LogP contribution is -2.32. The number of carbonyl (C=O) groups is 1. The van der Waals surface area contributed by atoms with Gasteiger partial charge in [-0.05, 0) is 44.2 Å². The number of anilines is 1. The number of hydrogen-bond acceptors (Lipinski definition) is 3. The quantitative estimate of drug-likeness (QED) is 0.825. The van der Waals surface area contributed by atoms with Crippen LogP contribution >= 0.6 is 23.2 Å². The van der Waals surface area contributed by atoms with E-state index in [0.717, 1.165) is 31.2 Å². The van der Waals surface area contributed by atoms with Crippen LogP contribution < -0.4 is 11.1 Å². The van der Waals surface area contributed by atoms with Crippen LogP contribution in [0.2, 0.25) is 10.3 Å². The number of aromatic nitrogens is 1. The number of nitrogens with two attached hydrogens (primary N) is 1. The van der Waals surface area contributed by atoms with E-state index in [1.54, 1.807) is 6.07 Å². The number of carbonyl (C=O) groups excluding carboxylic acids is 1. The molecule has 0 aliphatic heterocycles. The molecule has 1 heterocycles. The standard InChI is InChI=1S/C13H17Cl2N3O/c1-7-6-10(14)17-12(15)11(7)18-13(19)8-2-4-9(16)5-3-8/h6,8-9H,2-5,16H2,1H3,(H,18,19). The molecule has 104 valence electrons. The first-order valence-corrected chi connectivity index (χ1v) is 7.12. The Balaban J connectivity index is 2.07. The van der Waals surface area contributed by atoms with Crippen molar-refractivity contribution in [3.8, 4) is 0 Å². The lowest BCUT2D eigenvalue weighted by atomic mass is 9.86. The molecule has 1 amide bonds. The van der Waals surface area contributed by atoms with Crippen molar-refractivity contribution in [2.24, 2.45) is 11.7 Å². The zero-order chi connectivity index (χ0) is 14.0. The molecule has 6 heteroatoms. The van der Waals surface area contributed by atoms with E-state index in [1.807, 2.05) is 6.92 Å². The van der Waals surface area contributed by atoms with E-state index in [0.29, 0.717) is 10.8 Å². The molecule has 0 atom stereocenters. The Kier molecular flexibility index (Phi) is 4.66. The Hall–Kier alpha value is -0.840. The lowest BCUT2D eigenvalue weighted by molar-refractivity contribution is -0.120. The van der Waals surface area contributed by atoms with Crippen LogP contribution in [-0.2, 0) is 4.79 Å². The van der Waals surface area contributed by atoms with Crippen LogP contribution in [0, 0.1) is 12.8 Å². The summed E-state index contributed by atoms with van der Waals surface area (Å²) in [5.41, 5.74) is 7.20. The van der Waals surface area contributed by atoms with Crippen molar-refractivity contribution in [2.45, 2.75) is 38.6 Å². The molecule has 1 aliphatic carbocycles. The van der Waals surface area contributed by atoms with Gasteiger partial charge in [0.2, 0.25) is 5.91 Å². The molecular formula is C13H17Cl2N3O. The van der Waals surface area contributed by atoms with Crippen LogP contribution in [0.5, 0.6) is 0 Å². The van der Waals surface area contributed by atoms with Gasteiger partial charge in [0.1, 0.15) is 5.15 Å². The molecule has 1 aromatic rings. The fourth-order valence-electron chi connectivity index (χ4n) is 2.35. The summed E-state index contributed by atoms with van der Waals surface area (Å²) in [6.45, 7) is 1.84. The fraction of sp³-hybridized carbons (Fsp3) is 0.538. The highest BCUT2D eigenvalue weighted by Crippen LogP contribution is 2.29. The third-order valence-corrected chi connectivity index (χ3v) is 4.00. The Labute approximate surface area is 122 Å². The number of aryl methyl sites for hydroxylation is 1. The smallest absolute Gasteiger partial charge is 0.227 e. The van der Waals surface area contributed by atoms with Crippen molar-refractivity contribution in [3.63, 3.8) is 0 Å². The minimum Gasteiger partial charge on any atom is -0.328 e. The highest BCUT2D eigenvalue weighted by atomic mass is 35.5. The molecule has 0 saturated heterocycles. The Morgan fingerprint density at radius 3 is 2.58 bits per heavy atom. The predicted molar refractivity (Wildman–Crippen MR) is 77.6 cm³/mol. The normalized spacial score (nSPS) is 23.2. The number of rotatable bonds is 2.